The van der Waals surface area contributed by atoms with Gasteiger partial charge in [-0.1, -0.05) is 48.0 Å². The topological polar surface area (TPSA) is 61.8 Å². The first-order chi connectivity index (χ1) is 13.3. The van der Waals surface area contributed by atoms with E-state index in [1.807, 2.05) is 56.1 Å². The van der Waals surface area contributed by atoms with Gasteiger partial charge in [-0.15, -0.1) is 0 Å². The average molecular weight is 396 g/mol. The number of aryl methyl sites for hydroxylation is 1. The molecule has 0 bridgehead atoms. The number of nitrogens with one attached hydrogen (secondary N) is 1. The zero-order valence-corrected chi connectivity index (χ0v) is 17.1. The van der Waals surface area contributed by atoms with Gasteiger partial charge in [0.2, 0.25) is 10.0 Å². The van der Waals surface area contributed by atoms with Crippen LogP contribution in [0.3, 0.4) is 0 Å². The Balaban J connectivity index is 1.61. The van der Waals surface area contributed by atoms with E-state index < -0.39 is 10.0 Å². The largest absolute Gasteiger partial charge is 0.362 e. The fraction of sp³-hybridized carbons (Fsp3) is 0.227. The summed E-state index contributed by atoms with van der Waals surface area (Å²) in [7, 11) is -1.63. The second kappa shape index (κ2) is 8.54. The lowest BCUT2D eigenvalue weighted by Crippen LogP contribution is -2.39. The average Bonchev–Trinajstić information content (AvgIpc) is 2.70. The van der Waals surface area contributed by atoms with E-state index in [0.29, 0.717) is 0 Å². The Bertz CT molecular complexity index is 1080. The van der Waals surface area contributed by atoms with Crippen LogP contribution in [-0.4, -0.2) is 39.3 Å². The van der Waals surface area contributed by atoms with Crippen LogP contribution in [0.1, 0.15) is 12.5 Å². The van der Waals surface area contributed by atoms with Crippen molar-refractivity contribution in [2.75, 3.05) is 13.6 Å². The summed E-state index contributed by atoms with van der Waals surface area (Å²) in [5, 5.41) is 2.31. The predicted octanol–water partition coefficient (Wildman–Crippen LogP) is 4.11. The van der Waals surface area contributed by atoms with Gasteiger partial charge in [0.15, 0.2) is 0 Å². The Hall–Kier alpha value is -2.70. The SMILES string of the molecule is Cc1ccc(S(=O)(=O)NCC(C)N(C)C=Nc2ccc3ccccc3c2)cc1. The molecule has 1 unspecified atom stereocenters. The highest BCUT2D eigenvalue weighted by Gasteiger charge is 2.16. The molecule has 5 nitrogen and oxygen atoms in total. The zero-order chi connectivity index (χ0) is 20.1. The number of hydrogen-bond donors (Lipinski definition) is 1. The molecule has 0 heterocycles. The highest BCUT2D eigenvalue weighted by molar-refractivity contribution is 7.89. The van der Waals surface area contributed by atoms with Gasteiger partial charge in [-0.05, 0) is 48.9 Å². The molecule has 146 valence electrons. The fourth-order valence-corrected chi connectivity index (χ4v) is 3.83. The second-order valence-electron chi connectivity index (χ2n) is 6.96. The van der Waals surface area contributed by atoms with Crippen LogP contribution in [0.25, 0.3) is 10.8 Å². The molecule has 0 radical (unpaired) electrons. The third-order valence-corrected chi connectivity index (χ3v) is 6.16. The highest BCUT2D eigenvalue weighted by Crippen LogP contribution is 2.20. The Morgan fingerprint density at radius 1 is 1.04 bits per heavy atom. The summed E-state index contributed by atoms with van der Waals surface area (Å²) in [5.74, 6) is 0. The van der Waals surface area contributed by atoms with E-state index in [1.54, 1.807) is 30.6 Å². The zero-order valence-electron chi connectivity index (χ0n) is 16.3. The summed E-state index contributed by atoms with van der Waals surface area (Å²) in [6.45, 7) is 4.16. The lowest BCUT2D eigenvalue weighted by atomic mass is 10.1. The minimum absolute atomic E-state index is 0.0515. The van der Waals surface area contributed by atoms with Crippen LogP contribution < -0.4 is 4.72 Å². The van der Waals surface area contributed by atoms with Gasteiger partial charge in [-0.2, -0.15) is 0 Å². The first-order valence-electron chi connectivity index (χ1n) is 9.16. The quantitative estimate of drug-likeness (QED) is 0.484. The van der Waals surface area contributed by atoms with Crippen molar-refractivity contribution in [3.63, 3.8) is 0 Å². The van der Waals surface area contributed by atoms with Gasteiger partial charge >= 0.3 is 0 Å². The minimum Gasteiger partial charge on any atom is -0.362 e. The van der Waals surface area contributed by atoms with Crippen molar-refractivity contribution in [3.05, 3.63) is 72.3 Å². The Morgan fingerprint density at radius 3 is 2.43 bits per heavy atom. The van der Waals surface area contributed by atoms with Gasteiger partial charge in [0.25, 0.3) is 0 Å². The van der Waals surface area contributed by atoms with Gasteiger partial charge in [0.1, 0.15) is 0 Å². The number of likely N-dealkylation sites (N-methyl/N-ethyl adjacent to an activating group) is 1. The number of rotatable bonds is 7. The van der Waals surface area contributed by atoms with E-state index >= 15 is 0 Å². The Kier molecular flexibility index (Phi) is 6.11. The van der Waals surface area contributed by atoms with Gasteiger partial charge in [-0.3, -0.25) is 0 Å². The maximum absolute atomic E-state index is 12.4. The maximum Gasteiger partial charge on any atom is 0.240 e. The molecule has 0 aliphatic rings. The molecule has 28 heavy (non-hydrogen) atoms. The Labute approximate surface area is 166 Å². The molecule has 6 heteroatoms. The molecule has 0 aromatic heterocycles. The predicted molar refractivity (Wildman–Crippen MR) is 116 cm³/mol. The number of sulfonamides is 1. The van der Waals surface area contributed by atoms with Crippen molar-refractivity contribution in [1.82, 2.24) is 9.62 Å². The van der Waals surface area contributed by atoms with Gasteiger partial charge in [-0.25, -0.2) is 18.1 Å². The molecule has 0 spiro atoms. The number of aliphatic imine (C=N–C) groups is 1. The number of hydrogen-bond acceptors (Lipinski definition) is 3. The summed E-state index contributed by atoms with van der Waals surface area (Å²) in [6.07, 6.45) is 1.73. The van der Waals surface area contributed by atoms with Gasteiger partial charge in [0.05, 0.1) is 16.9 Å². The summed E-state index contributed by atoms with van der Waals surface area (Å²) in [6, 6.07) is 21.0. The normalized spacial score (nSPS) is 13.1. The lowest BCUT2D eigenvalue weighted by Gasteiger charge is -2.22. The van der Waals surface area contributed by atoms with Crippen LogP contribution >= 0.6 is 0 Å². The molecule has 0 aliphatic carbocycles. The molecular formula is C22H25N3O2S. The van der Waals surface area contributed by atoms with Crippen LogP contribution in [0.4, 0.5) is 5.69 Å². The number of benzene rings is 3. The van der Waals surface area contributed by atoms with Crippen LogP contribution in [0.2, 0.25) is 0 Å². The standard InChI is InChI=1S/C22H25N3O2S/c1-17-8-12-22(13-9-17)28(26,27)24-15-18(2)25(3)16-23-21-11-10-19-6-4-5-7-20(19)14-21/h4-14,16,18,24H,15H2,1-3H3. The van der Waals surface area contributed by atoms with Crippen molar-refractivity contribution in [3.8, 4) is 0 Å². The fourth-order valence-electron chi connectivity index (χ4n) is 2.70. The summed E-state index contributed by atoms with van der Waals surface area (Å²) in [5.41, 5.74) is 1.88. The van der Waals surface area contributed by atoms with Crippen molar-refractivity contribution >= 4 is 32.8 Å². The second-order valence-corrected chi connectivity index (χ2v) is 8.72. The van der Waals surface area contributed by atoms with Crippen molar-refractivity contribution in [2.45, 2.75) is 24.8 Å². The smallest absolute Gasteiger partial charge is 0.240 e. The molecule has 3 rings (SSSR count). The van der Waals surface area contributed by atoms with Crippen LogP contribution in [-0.2, 0) is 10.0 Å². The Morgan fingerprint density at radius 2 is 1.71 bits per heavy atom. The summed E-state index contributed by atoms with van der Waals surface area (Å²) < 4.78 is 27.5. The molecule has 0 fully saturated rings. The van der Waals surface area contributed by atoms with E-state index in [4.69, 9.17) is 0 Å². The van der Waals surface area contributed by atoms with Gasteiger partial charge < -0.3 is 4.90 Å². The molecule has 3 aromatic carbocycles. The van der Waals surface area contributed by atoms with E-state index in [-0.39, 0.29) is 17.5 Å². The molecule has 1 atom stereocenters. The van der Waals surface area contributed by atoms with E-state index in [1.165, 1.54) is 5.39 Å². The summed E-state index contributed by atoms with van der Waals surface area (Å²) >= 11 is 0. The highest BCUT2D eigenvalue weighted by atomic mass is 32.2. The first kappa shape index (κ1) is 20.0. The lowest BCUT2D eigenvalue weighted by molar-refractivity contribution is 0.397. The monoisotopic (exact) mass is 395 g/mol. The molecule has 0 amide bonds. The molecule has 3 aromatic rings. The molecule has 0 saturated carbocycles. The summed E-state index contributed by atoms with van der Waals surface area (Å²) in [4.78, 5) is 6.68. The molecular weight excluding hydrogens is 370 g/mol. The number of fused-ring (bicyclic) bond motifs is 1. The third kappa shape index (κ3) is 4.97. The number of nitrogens with zero attached hydrogens (tertiary/aromatic N) is 2. The van der Waals surface area contributed by atoms with Crippen molar-refractivity contribution < 1.29 is 8.42 Å². The van der Waals surface area contributed by atoms with Crippen LogP contribution in [0.15, 0.2) is 76.6 Å². The van der Waals surface area contributed by atoms with Crippen molar-refractivity contribution in [2.24, 2.45) is 4.99 Å². The molecule has 0 saturated heterocycles. The van der Waals surface area contributed by atoms with Crippen LogP contribution in [0.5, 0.6) is 0 Å². The van der Waals surface area contributed by atoms with E-state index in [2.05, 4.69) is 21.8 Å². The first-order valence-corrected chi connectivity index (χ1v) is 10.6. The van der Waals surface area contributed by atoms with Gasteiger partial charge in [0, 0.05) is 19.6 Å². The third-order valence-electron chi connectivity index (χ3n) is 4.72. The molecule has 0 aliphatic heterocycles. The van der Waals surface area contributed by atoms with E-state index in [9.17, 15) is 8.42 Å². The van der Waals surface area contributed by atoms with Crippen LogP contribution in [0, 0.1) is 6.92 Å². The maximum atomic E-state index is 12.4. The van der Waals surface area contributed by atoms with E-state index in [0.717, 1.165) is 16.6 Å². The minimum atomic E-state index is -3.52. The molecule has 1 N–H and O–H groups in total. The van der Waals surface area contributed by atoms with Crippen molar-refractivity contribution in [1.29, 1.82) is 0 Å².